The number of hydrogen-bond donors (Lipinski definition) is 1. The molecule has 0 spiro atoms. The van der Waals surface area contributed by atoms with Gasteiger partial charge in [0.2, 0.25) is 0 Å². The van der Waals surface area contributed by atoms with Gasteiger partial charge in [0.1, 0.15) is 5.60 Å². The molecule has 0 bridgehead atoms. The summed E-state index contributed by atoms with van der Waals surface area (Å²) in [6.07, 6.45) is 4.73. The molecule has 0 rings (SSSR count). The van der Waals surface area contributed by atoms with Gasteiger partial charge in [0, 0.05) is 4.11 Å². The van der Waals surface area contributed by atoms with Crippen molar-refractivity contribution in [1.29, 1.82) is 0 Å². The van der Waals surface area contributed by atoms with E-state index in [9.17, 15) is 0 Å². The van der Waals surface area contributed by atoms with E-state index in [-0.39, 0.29) is 0 Å². The van der Waals surface area contributed by atoms with Gasteiger partial charge < -0.3 is 5.11 Å². The molecule has 34 valence electrons. The summed E-state index contributed by atoms with van der Waals surface area (Å²) >= 11 is 0. The molecule has 0 aliphatic rings. The Bertz CT molecular complexity index is 139. The van der Waals surface area contributed by atoms with Crippen molar-refractivity contribution in [2.75, 3.05) is 0 Å². The molecule has 0 aromatic carbocycles. The molecule has 0 aromatic rings. The average Bonchev–Trinajstić information content (AvgIpc) is 1.64. The van der Waals surface area contributed by atoms with E-state index >= 15 is 0 Å². The highest BCUT2D eigenvalue weighted by Gasteiger charge is 2.03. The minimum absolute atomic E-state index is 1.08. The van der Waals surface area contributed by atoms with E-state index in [1.54, 1.807) is 5.92 Å². The van der Waals surface area contributed by atoms with E-state index < -0.39 is 12.5 Å². The molecule has 1 unspecified atom stereocenters. The lowest BCUT2D eigenvalue weighted by Crippen LogP contribution is -2.13. The first kappa shape index (κ1) is 1.99. The van der Waals surface area contributed by atoms with Crippen molar-refractivity contribution in [3.05, 3.63) is 0 Å². The minimum atomic E-state index is -2.48. The van der Waals surface area contributed by atoms with Gasteiger partial charge >= 0.3 is 0 Å². The van der Waals surface area contributed by atoms with Crippen LogP contribution in [0, 0.1) is 12.3 Å². The van der Waals surface area contributed by atoms with E-state index in [0.717, 1.165) is 6.92 Å². The molecule has 6 heavy (non-hydrogen) atoms. The topological polar surface area (TPSA) is 20.2 Å². The monoisotopic (exact) mass is 87.1 g/mol. The summed E-state index contributed by atoms with van der Waals surface area (Å²) in [5.41, 5.74) is -1.99. The average molecular weight is 87.1 g/mol. The van der Waals surface area contributed by atoms with Crippen molar-refractivity contribution in [1.82, 2.24) is 0 Å². The molecule has 0 saturated carbocycles. The van der Waals surface area contributed by atoms with Crippen molar-refractivity contribution in [3.8, 4) is 12.3 Å². The van der Waals surface area contributed by atoms with Crippen LogP contribution in [0.25, 0.3) is 0 Å². The van der Waals surface area contributed by atoms with Crippen molar-refractivity contribution >= 4 is 0 Å². The Morgan fingerprint density at radius 2 is 2.67 bits per heavy atom. The van der Waals surface area contributed by atoms with Crippen LogP contribution in [0.4, 0.5) is 0 Å². The predicted octanol–water partition coefficient (Wildman–Crippen LogP) is 0.391. The first-order valence-corrected chi connectivity index (χ1v) is 1.51. The largest absolute Gasteiger partial charge is 0.378 e. The van der Waals surface area contributed by atoms with Gasteiger partial charge in [-0.25, -0.2) is 0 Å². The summed E-state index contributed by atoms with van der Waals surface area (Å²) in [7, 11) is 0. The third-order valence-electron chi connectivity index (χ3n) is 0.281. The summed E-state index contributed by atoms with van der Waals surface area (Å²) in [4.78, 5) is 0. The van der Waals surface area contributed by atoms with Crippen LogP contribution in [0.15, 0.2) is 0 Å². The lowest BCUT2D eigenvalue weighted by molar-refractivity contribution is 0.144. The third kappa shape index (κ3) is 3.52. The van der Waals surface area contributed by atoms with Crippen LogP contribution in [-0.4, -0.2) is 10.7 Å². The van der Waals surface area contributed by atoms with Crippen LogP contribution >= 0.6 is 0 Å². The van der Waals surface area contributed by atoms with Crippen LogP contribution in [0.5, 0.6) is 0 Å². The molecular weight excluding hydrogens is 76.1 g/mol. The minimum Gasteiger partial charge on any atom is -0.378 e. The number of hydrogen-bond acceptors (Lipinski definition) is 1. The number of rotatable bonds is 0. The van der Waals surface area contributed by atoms with E-state index in [0.29, 0.717) is 0 Å². The molecule has 0 amide bonds. The molecule has 0 saturated heterocycles. The van der Waals surface area contributed by atoms with Gasteiger partial charge in [-0.15, -0.1) is 6.42 Å². The number of terminal acetylenes is 1. The molecule has 0 aliphatic heterocycles. The fourth-order valence-corrected chi connectivity index (χ4v) is 0. The van der Waals surface area contributed by atoms with E-state index in [4.69, 9.17) is 15.6 Å². The highest BCUT2D eigenvalue weighted by molar-refractivity contribution is 5.00. The molecule has 1 atom stereocenters. The highest BCUT2D eigenvalue weighted by atomic mass is 16.3. The molecule has 0 fully saturated rings. The van der Waals surface area contributed by atoms with E-state index in [1.165, 1.54) is 0 Å². The maximum absolute atomic E-state index is 8.86. The van der Waals surface area contributed by atoms with E-state index in [1.807, 2.05) is 0 Å². The standard InChI is InChI=1S/C5H8O/c1-4-5(2,3)6/h1,6H,2-3H3/i2D3. The lowest BCUT2D eigenvalue weighted by Gasteiger charge is -2.04. The molecule has 0 heterocycles. The Balaban J connectivity index is 4.39. The van der Waals surface area contributed by atoms with Gasteiger partial charge in [-0.3, -0.25) is 0 Å². The quantitative estimate of drug-likeness (QED) is 0.424. The summed E-state index contributed by atoms with van der Waals surface area (Å²) in [6, 6.07) is 0. The van der Waals surface area contributed by atoms with E-state index in [2.05, 4.69) is 0 Å². The maximum Gasteiger partial charge on any atom is 0.119 e. The van der Waals surface area contributed by atoms with Gasteiger partial charge in [0.25, 0.3) is 0 Å². The van der Waals surface area contributed by atoms with Crippen LogP contribution < -0.4 is 0 Å². The SMILES string of the molecule is [2H]C([2H])([2H])C(C)(O)C#C. The zero-order valence-corrected chi connectivity index (χ0v) is 3.52. The summed E-state index contributed by atoms with van der Waals surface area (Å²) in [6.45, 7) is -1.40. The normalized spacial score (nSPS) is 27.8. The molecule has 1 heteroatoms. The Morgan fingerprint density at radius 1 is 2.17 bits per heavy atom. The molecule has 1 N–H and O–H groups in total. The Kier molecular flexibility index (Phi) is 0.438. The van der Waals surface area contributed by atoms with Gasteiger partial charge in [-0.1, -0.05) is 5.92 Å². The fraction of sp³-hybridized carbons (Fsp3) is 0.600. The maximum atomic E-state index is 8.86. The first-order chi connectivity index (χ1) is 3.81. The van der Waals surface area contributed by atoms with Gasteiger partial charge in [-0.2, -0.15) is 0 Å². The van der Waals surface area contributed by atoms with Crippen LogP contribution in [0.1, 0.15) is 17.9 Å². The van der Waals surface area contributed by atoms with Crippen molar-refractivity contribution in [2.45, 2.75) is 19.4 Å². The van der Waals surface area contributed by atoms with Crippen molar-refractivity contribution < 1.29 is 9.22 Å². The summed E-state index contributed by atoms with van der Waals surface area (Å²) in [5, 5.41) is 8.86. The number of aliphatic hydroxyl groups is 1. The summed E-state index contributed by atoms with van der Waals surface area (Å²) in [5.74, 6) is 1.77. The molecule has 0 aromatic heterocycles. The van der Waals surface area contributed by atoms with Gasteiger partial charge in [0.05, 0.1) is 0 Å². The second-order valence-corrected chi connectivity index (χ2v) is 1.22. The zero-order valence-electron chi connectivity index (χ0n) is 6.52. The lowest BCUT2D eigenvalue weighted by atomic mass is 10.2. The van der Waals surface area contributed by atoms with Crippen LogP contribution in [-0.2, 0) is 0 Å². The van der Waals surface area contributed by atoms with Gasteiger partial charge in [-0.05, 0) is 13.8 Å². The van der Waals surface area contributed by atoms with Crippen LogP contribution in [0.3, 0.4) is 0 Å². The highest BCUT2D eigenvalue weighted by Crippen LogP contribution is 1.93. The Morgan fingerprint density at radius 3 is 2.67 bits per heavy atom. The Hall–Kier alpha value is -0.480. The fourth-order valence-electron chi connectivity index (χ4n) is 0. The summed E-state index contributed by atoms with van der Waals surface area (Å²) < 4.78 is 20.0. The van der Waals surface area contributed by atoms with Crippen molar-refractivity contribution in [2.24, 2.45) is 0 Å². The molecule has 0 aliphatic carbocycles. The van der Waals surface area contributed by atoms with Gasteiger partial charge in [0.15, 0.2) is 0 Å². The molecule has 0 radical (unpaired) electrons. The second-order valence-electron chi connectivity index (χ2n) is 1.22. The second kappa shape index (κ2) is 1.32. The Labute approximate surface area is 42.2 Å². The zero-order chi connectivity index (χ0) is 7.71. The van der Waals surface area contributed by atoms with Crippen LogP contribution in [0.2, 0.25) is 0 Å². The van der Waals surface area contributed by atoms with Crippen molar-refractivity contribution in [3.63, 3.8) is 0 Å². The smallest absolute Gasteiger partial charge is 0.119 e. The molecule has 1 nitrogen and oxygen atoms in total. The molecular formula is C5H8O. The first-order valence-electron chi connectivity index (χ1n) is 3.01. The third-order valence-corrected chi connectivity index (χ3v) is 0.281. The predicted molar refractivity (Wildman–Crippen MR) is 25.1 cm³/mol.